The zero-order chi connectivity index (χ0) is 10.7. The molecule has 0 fully saturated rings. The average Bonchev–Trinajstić information content (AvgIpc) is 2.19. The lowest BCUT2D eigenvalue weighted by atomic mass is 10.2. The zero-order valence-electron chi connectivity index (χ0n) is 8.46. The number of anilines is 1. The van der Waals surface area contributed by atoms with Crippen molar-refractivity contribution in [3.63, 3.8) is 0 Å². The molecule has 0 aliphatic heterocycles. The fraction of sp³-hybridized carbons (Fsp3) is 0.556. The molecule has 0 radical (unpaired) electrons. The van der Waals surface area contributed by atoms with Gasteiger partial charge in [-0.3, -0.25) is 0 Å². The van der Waals surface area contributed by atoms with Crippen LogP contribution in [0.25, 0.3) is 0 Å². The van der Waals surface area contributed by atoms with E-state index in [1.807, 2.05) is 7.05 Å². The number of rotatable bonds is 3. The van der Waals surface area contributed by atoms with Gasteiger partial charge in [-0.2, -0.15) is 4.98 Å². The molecule has 1 heterocycles. The first kappa shape index (κ1) is 11.7. The highest BCUT2D eigenvalue weighted by Crippen LogP contribution is 2.25. The molecule has 3 nitrogen and oxygen atoms in total. The third kappa shape index (κ3) is 2.58. The van der Waals surface area contributed by atoms with E-state index in [0.29, 0.717) is 6.04 Å². The second kappa shape index (κ2) is 4.94. The van der Waals surface area contributed by atoms with Gasteiger partial charge in [0.1, 0.15) is 5.82 Å². The Bertz CT molecular complexity index is 319. The summed E-state index contributed by atoms with van der Waals surface area (Å²) >= 11 is 9.14. The Morgan fingerprint density at radius 3 is 2.86 bits per heavy atom. The van der Waals surface area contributed by atoms with Crippen LogP contribution < -0.4 is 4.90 Å². The van der Waals surface area contributed by atoms with Crippen molar-refractivity contribution >= 4 is 33.3 Å². The van der Waals surface area contributed by atoms with Gasteiger partial charge in [-0.1, -0.05) is 6.92 Å². The van der Waals surface area contributed by atoms with E-state index in [-0.39, 0.29) is 5.28 Å². The summed E-state index contributed by atoms with van der Waals surface area (Å²) in [6.45, 7) is 4.28. The van der Waals surface area contributed by atoms with Crippen molar-refractivity contribution in [2.45, 2.75) is 26.3 Å². The number of hydrogen-bond donors (Lipinski definition) is 0. The fourth-order valence-corrected chi connectivity index (χ4v) is 1.67. The van der Waals surface area contributed by atoms with E-state index in [1.165, 1.54) is 0 Å². The summed E-state index contributed by atoms with van der Waals surface area (Å²) in [5.41, 5.74) is 0. The van der Waals surface area contributed by atoms with Crippen molar-refractivity contribution in [1.29, 1.82) is 0 Å². The summed E-state index contributed by atoms with van der Waals surface area (Å²) in [6.07, 6.45) is 2.73. The van der Waals surface area contributed by atoms with Gasteiger partial charge in [-0.05, 0) is 40.9 Å². The van der Waals surface area contributed by atoms with Crippen LogP contribution in [0.3, 0.4) is 0 Å². The highest BCUT2D eigenvalue weighted by Gasteiger charge is 2.13. The first-order valence-electron chi connectivity index (χ1n) is 4.47. The highest BCUT2D eigenvalue weighted by molar-refractivity contribution is 9.10. The van der Waals surface area contributed by atoms with Crippen LogP contribution in [0, 0.1) is 0 Å². The minimum absolute atomic E-state index is 0.276. The van der Waals surface area contributed by atoms with Gasteiger partial charge in [0, 0.05) is 19.3 Å². The minimum atomic E-state index is 0.276. The van der Waals surface area contributed by atoms with Crippen LogP contribution in [0.4, 0.5) is 5.82 Å². The summed E-state index contributed by atoms with van der Waals surface area (Å²) in [7, 11) is 2.00. The van der Waals surface area contributed by atoms with E-state index in [9.17, 15) is 0 Å². The maximum atomic E-state index is 5.74. The molecule has 0 saturated carbocycles. The SMILES string of the molecule is CCC(C)N(C)c1nc(Cl)ncc1Br. The molecule has 0 aromatic carbocycles. The lowest BCUT2D eigenvalue weighted by Crippen LogP contribution is -2.29. The number of aromatic nitrogens is 2. The number of halogens is 2. The lowest BCUT2D eigenvalue weighted by Gasteiger charge is -2.25. The maximum absolute atomic E-state index is 5.74. The summed E-state index contributed by atoms with van der Waals surface area (Å²) in [5.74, 6) is 0.833. The Hall–Kier alpha value is -0.350. The molecule has 1 rings (SSSR count). The van der Waals surface area contributed by atoms with Gasteiger partial charge >= 0.3 is 0 Å². The van der Waals surface area contributed by atoms with E-state index in [4.69, 9.17) is 11.6 Å². The van der Waals surface area contributed by atoms with Gasteiger partial charge in [0.25, 0.3) is 0 Å². The standard InChI is InChI=1S/C9H13BrClN3/c1-4-6(2)14(3)8-7(10)5-12-9(11)13-8/h5-6H,4H2,1-3H3. The Morgan fingerprint density at radius 2 is 2.29 bits per heavy atom. The van der Waals surface area contributed by atoms with Crippen LogP contribution in [0.15, 0.2) is 10.7 Å². The zero-order valence-corrected chi connectivity index (χ0v) is 10.8. The Kier molecular flexibility index (Phi) is 4.13. The molecule has 0 aliphatic rings. The maximum Gasteiger partial charge on any atom is 0.224 e. The quantitative estimate of drug-likeness (QED) is 0.796. The summed E-state index contributed by atoms with van der Waals surface area (Å²) in [4.78, 5) is 10.1. The van der Waals surface area contributed by atoms with Crippen LogP contribution in [-0.2, 0) is 0 Å². The van der Waals surface area contributed by atoms with Gasteiger partial charge in [-0.15, -0.1) is 0 Å². The molecule has 78 valence electrons. The smallest absolute Gasteiger partial charge is 0.224 e. The van der Waals surface area contributed by atoms with Crippen molar-refractivity contribution in [2.24, 2.45) is 0 Å². The molecule has 0 amide bonds. The normalized spacial score (nSPS) is 12.6. The van der Waals surface area contributed by atoms with E-state index in [0.717, 1.165) is 16.7 Å². The predicted octanol–water partition coefficient (Wildman–Crippen LogP) is 3.13. The Morgan fingerprint density at radius 1 is 1.64 bits per heavy atom. The van der Waals surface area contributed by atoms with Crippen LogP contribution in [0.2, 0.25) is 5.28 Å². The molecule has 0 bridgehead atoms. The topological polar surface area (TPSA) is 29.0 Å². The Labute approximate surface area is 97.6 Å². The summed E-state index contributed by atoms with van der Waals surface area (Å²) in [6, 6.07) is 0.428. The van der Waals surface area contributed by atoms with E-state index in [1.54, 1.807) is 6.20 Å². The molecule has 1 aromatic rings. The molecular weight excluding hydrogens is 265 g/mol. The number of nitrogens with zero attached hydrogens (tertiary/aromatic N) is 3. The largest absolute Gasteiger partial charge is 0.356 e. The van der Waals surface area contributed by atoms with Crippen molar-refractivity contribution in [1.82, 2.24) is 9.97 Å². The molecular formula is C9H13BrClN3. The third-order valence-electron chi connectivity index (χ3n) is 2.28. The third-order valence-corrected chi connectivity index (χ3v) is 3.02. The van der Waals surface area contributed by atoms with E-state index >= 15 is 0 Å². The van der Waals surface area contributed by atoms with Gasteiger partial charge in [-0.25, -0.2) is 4.98 Å². The molecule has 1 unspecified atom stereocenters. The molecule has 1 aromatic heterocycles. The average molecular weight is 279 g/mol. The van der Waals surface area contributed by atoms with Crippen LogP contribution >= 0.6 is 27.5 Å². The molecule has 0 saturated heterocycles. The first-order chi connectivity index (χ1) is 6.56. The van der Waals surface area contributed by atoms with Gasteiger partial charge < -0.3 is 4.90 Å². The first-order valence-corrected chi connectivity index (χ1v) is 5.64. The lowest BCUT2D eigenvalue weighted by molar-refractivity contribution is 0.655. The van der Waals surface area contributed by atoms with Gasteiger partial charge in [0.05, 0.1) is 4.47 Å². The molecule has 0 aliphatic carbocycles. The molecule has 5 heteroatoms. The number of hydrogen-bond acceptors (Lipinski definition) is 3. The van der Waals surface area contributed by atoms with Gasteiger partial charge in [0.15, 0.2) is 0 Å². The molecule has 0 spiro atoms. The van der Waals surface area contributed by atoms with Crippen molar-refractivity contribution in [2.75, 3.05) is 11.9 Å². The monoisotopic (exact) mass is 277 g/mol. The Balaban J connectivity index is 2.99. The summed E-state index contributed by atoms with van der Waals surface area (Å²) in [5, 5.41) is 0.276. The van der Waals surface area contributed by atoms with Crippen LogP contribution in [0.5, 0.6) is 0 Å². The second-order valence-electron chi connectivity index (χ2n) is 3.18. The van der Waals surface area contributed by atoms with E-state index < -0.39 is 0 Å². The molecule has 14 heavy (non-hydrogen) atoms. The van der Waals surface area contributed by atoms with Crippen LogP contribution in [-0.4, -0.2) is 23.1 Å². The fourth-order valence-electron chi connectivity index (χ4n) is 1.07. The van der Waals surface area contributed by atoms with Crippen molar-refractivity contribution in [3.05, 3.63) is 16.0 Å². The van der Waals surface area contributed by atoms with Crippen molar-refractivity contribution in [3.8, 4) is 0 Å². The van der Waals surface area contributed by atoms with Gasteiger partial charge in [0.2, 0.25) is 5.28 Å². The van der Waals surface area contributed by atoms with Crippen LogP contribution in [0.1, 0.15) is 20.3 Å². The molecule has 0 N–H and O–H groups in total. The predicted molar refractivity (Wildman–Crippen MR) is 62.9 cm³/mol. The van der Waals surface area contributed by atoms with Crippen molar-refractivity contribution < 1.29 is 0 Å². The van der Waals surface area contributed by atoms with E-state index in [2.05, 4.69) is 44.6 Å². The summed E-state index contributed by atoms with van der Waals surface area (Å²) < 4.78 is 0.865. The molecule has 1 atom stereocenters. The highest BCUT2D eigenvalue weighted by atomic mass is 79.9. The second-order valence-corrected chi connectivity index (χ2v) is 4.37. The minimum Gasteiger partial charge on any atom is -0.356 e.